The summed E-state index contributed by atoms with van der Waals surface area (Å²) in [4.78, 5) is 30.1. The highest BCUT2D eigenvalue weighted by Crippen LogP contribution is 2.48. The van der Waals surface area contributed by atoms with Gasteiger partial charge in [0.25, 0.3) is 0 Å². The standard InChI is InChI=1S/C50H50N2O4/c1-34-16-24-40(25-17-34)49(55,41-26-18-35(2)19-27-41)44(38-12-7-5-8-13-38)51-46(53)48(32-11-33-48)47(54)52-45(39-14-9-6-10-15-39)50(56,42-28-20-36(3)21-29-42)43-30-22-37(4)23-31-43/h5-10,12-31,44-45,55-56H,11,32-33H2,1-4H3,(H,51,53)(H,52,54)/t44-,45-/m1/s1. The summed E-state index contributed by atoms with van der Waals surface area (Å²) in [5.74, 6) is -0.956. The van der Waals surface area contributed by atoms with Crippen molar-refractivity contribution in [3.63, 3.8) is 0 Å². The van der Waals surface area contributed by atoms with Gasteiger partial charge in [0.2, 0.25) is 11.8 Å². The van der Waals surface area contributed by atoms with Gasteiger partial charge in [0.15, 0.2) is 0 Å². The van der Waals surface area contributed by atoms with Gasteiger partial charge >= 0.3 is 0 Å². The summed E-state index contributed by atoms with van der Waals surface area (Å²) in [6.07, 6.45) is 1.30. The van der Waals surface area contributed by atoms with Crippen LogP contribution in [0.4, 0.5) is 0 Å². The van der Waals surface area contributed by atoms with E-state index in [1.165, 1.54) is 0 Å². The van der Waals surface area contributed by atoms with Gasteiger partial charge in [-0.05, 0) is 73.9 Å². The topological polar surface area (TPSA) is 98.7 Å². The first-order valence-electron chi connectivity index (χ1n) is 19.4. The quantitative estimate of drug-likeness (QED) is 0.0942. The third-order valence-electron chi connectivity index (χ3n) is 11.7. The summed E-state index contributed by atoms with van der Waals surface area (Å²) < 4.78 is 0. The Morgan fingerprint density at radius 1 is 0.464 bits per heavy atom. The lowest BCUT2D eigenvalue weighted by atomic mass is 9.66. The normalized spacial score (nSPS) is 14.9. The van der Waals surface area contributed by atoms with E-state index >= 15 is 9.59 Å². The Kier molecular flexibility index (Phi) is 10.8. The van der Waals surface area contributed by atoms with Crippen molar-refractivity contribution in [2.45, 2.75) is 70.2 Å². The summed E-state index contributed by atoms with van der Waals surface area (Å²) in [7, 11) is 0. The van der Waals surface area contributed by atoms with E-state index in [4.69, 9.17) is 0 Å². The molecule has 0 heterocycles. The van der Waals surface area contributed by atoms with E-state index in [1.54, 1.807) is 0 Å². The van der Waals surface area contributed by atoms with Crippen LogP contribution in [0.2, 0.25) is 0 Å². The van der Waals surface area contributed by atoms with Crippen molar-refractivity contribution >= 4 is 11.8 Å². The fraction of sp³-hybridized carbons (Fsp3) is 0.240. The Morgan fingerprint density at radius 3 is 0.964 bits per heavy atom. The molecule has 0 radical (unpaired) electrons. The van der Waals surface area contributed by atoms with Crippen molar-refractivity contribution in [3.8, 4) is 0 Å². The van der Waals surface area contributed by atoms with Crippen molar-refractivity contribution in [1.82, 2.24) is 10.6 Å². The van der Waals surface area contributed by atoms with E-state index in [1.807, 2.05) is 185 Å². The first-order valence-corrected chi connectivity index (χ1v) is 19.4. The largest absolute Gasteiger partial charge is 0.378 e. The number of carbonyl (C=O) groups is 2. The van der Waals surface area contributed by atoms with Crippen LogP contribution in [-0.4, -0.2) is 22.0 Å². The zero-order valence-corrected chi connectivity index (χ0v) is 32.5. The van der Waals surface area contributed by atoms with Crippen LogP contribution in [-0.2, 0) is 20.8 Å². The zero-order valence-electron chi connectivity index (χ0n) is 32.5. The van der Waals surface area contributed by atoms with Crippen molar-refractivity contribution in [3.05, 3.63) is 213 Å². The molecule has 7 rings (SSSR count). The van der Waals surface area contributed by atoms with Gasteiger partial charge in [-0.25, -0.2) is 0 Å². The average Bonchev–Trinajstić information content (AvgIpc) is 3.20. The molecular formula is C50H50N2O4. The Hall–Kier alpha value is -5.82. The van der Waals surface area contributed by atoms with Crippen molar-refractivity contribution in [2.24, 2.45) is 5.41 Å². The van der Waals surface area contributed by atoms with E-state index in [9.17, 15) is 10.2 Å². The van der Waals surface area contributed by atoms with Gasteiger partial charge in [0.05, 0.1) is 12.1 Å². The zero-order chi connectivity index (χ0) is 39.5. The molecule has 0 aliphatic heterocycles. The number of carbonyl (C=O) groups excluding carboxylic acids is 2. The fourth-order valence-corrected chi connectivity index (χ4v) is 8.01. The molecule has 56 heavy (non-hydrogen) atoms. The van der Waals surface area contributed by atoms with Crippen molar-refractivity contribution < 1.29 is 19.8 Å². The van der Waals surface area contributed by atoms with Gasteiger partial charge in [-0.15, -0.1) is 0 Å². The summed E-state index contributed by atoms with van der Waals surface area (Å²) in [6.45, 7) is 7.97. The molecule has 0 bridgehead atoms. The molecule has 6 nitrogen and oxygen atoms in total. The smallest absolute Gasteiger partial charge is 0.236 e. The van der Waals surface area contributed by atoms with Gasteiger partial charge in [0.1, 0.15) is 16.6 Å². The number of benzene rings is 6. The lowest BCUT2D eigenvalue weighted by Gasteiger charge is -2.45. The summed E-state index contributed by atoms with van der Waals surface area (Å²) >= 11 is 0. The molecule has 6 heteroatoms. The monoisotopic (exact) mass is 742 g/mol. The minimum Gasteiger partial charge on any atom is -0.378 e. The summed E-state index contributed by atoms with van der Waals surface area (Å²) in [5, 5.41) is 32.8. The minimum atomic E-state index is -1.70. The Labute approximate surface area is 330 Å². The molecule has 0 unspecified atom stereocenters. The van der Waals surface area contributed by atoms with Crippen molar-refractivity contribution in [1.29, 1.82) is 0 Å². The average molecular weight is 743 g/mol. The van der Waals surface area contributed by atoms with Gasteiger partial charge in [0, 0.05) is 0 Å². The third kappa shape index (κ3) is 7.18. The number of nitrogens with one attached hydrogen (secondary N) is 2. The maximum Gasteiger partial charge on any atom is 0.236 e. The first-order chi connectivity index (χ1) is 26.9. The highest BCUT2D eigenvalue weighted by Gasteiger charge is 2.55. The number of aliphatic hydroxyl groups is 2. The van der Waals surface area contributed by atoms with Gasteiger partial charge in [-0.3, -0.25) is 9.59 Å². The minimum absolute atomic E-state index is 0.314. The number of aryl methyl sites for hydroxylation is 4. The molecule has 6 aromatic rings. The molecule has 0 saturated heterocycles. The second kappa shape index (κ2) is 15.7. The molecule has 284 valence electrons. The first kappa shape index (κ1) is 38.5. The highest BCUT2D eigenvalue weighted by molar-refractivity contribution is 6.06. The number of hydrogen-bond donors (Lipinski definition) is 4. The van der Waals surface area contributed by atoms with Crippen LogP contribution in [0.25, 0.3) is 0 Å². The van der Waals surface area contributed by atoms with Crippen LogP contribution in [0.3, 0.4) is 0 Å². The maximum absolute atomic E-state index is 15.0. The van der Waals surface area contributed by atoms with Crippen molar-refractivity contribution in [2.75, 3.05) is 0 Å². The van der Waals surface area contributed by atoms with E-state index in [0.717, 1.165) is 22.3 Å². The molecule has 1 aliphatic carbocycles. The molecule has 6 aromatic carbocycles. The van der Waals surface area contributed by atoms with Crippen LogP contribution >= 0.6 is 0 Å². The molecule has 1 saturated carbocycles. The van der Waals surface area contributed by atoms with Crippen LogP contribution in [0.5, 0.6) is 0 Å². The SMILES string of the molecule is Cc1ccc(C(O)(c2ccc(C)cc2)[C@H](NC(=O)C2(C(=O)N[C@H](c3ccccc3)C(O)(c3ccc(C)cc3)c3ccc(C)cc3)CCC2)c2ccccc2)cc1. The Morgan fingerprint density at radius 2 is 0.732 bits per heavy atom. The van der Waals surface area contributed by atoms with E-state index in [2.05, 4.69) is 10.6 Å². The third-order valence-corrected chi connectivity index (χ3v) is 11.7. The van der Waals surface area contributed by atoms with E-state index in [0.29, 0.717) is 52.6 Å². The number of amides is 2. The van der Waals surface area contributed by atoms with E-state index < -0.39 is 40.5 Å². The number of rotatable bonds is 12. The second-order valence-corrected chi connectivity index (χ2v) is 15.6. The Balaban J connectivity index is 1.31. The lowest BCUT2D eigenvalue weighted by molar-refractivity contribution is -0.153. The predicted octanol–water partition coefficient (Wildman–Crippen LogP) is 8.98. The molecule has 4 N–H and O–H groups in total. The molecule has 2 atom stereocenters. The van der Waals surface area contributed by atoms with Gasteiger partial charge in [-0.1, -0.05) is 186 Å². The van der Waals surface area contributed by atoms with Gasteiger partial charge in [-0.2, -0.15) is 0 Å². The molecule has 0 spiro atoms. The second-order valence-electron chi connectivity index (χ2n) is 15.6. The van der Waals surface area contributed by atoms with Gasteiger partial charge < -0.3 is 20.8 Å². The van der Waals surface area contributed by atoms with Crippen LogP contribution in [0.1, 0.15) is 87.0 Å². The molecule has 0 aromatic heterocycles. The lowest BCUT2D eigenvalue weighted by Crippen LogP contribution is -2.59. The molecule has 1 aliphatic rings. The molecule has 2 amide bonds. The predicted molar refractivity (Wildman–Crippen MR) is 222 cm³/mol. The maximum atomic E-state index is 15.0. The van der Waals surface area contributed by atoms with Crippen LogP contribution in [0.15, 0.2) is 158 Å². The summed E-state index contributed by atoms with van der Waals surface area (Å²) in [5.41, 5.74) is 3.10. The van der Waals surface area contributed by atoms with E-state index in [-0.39, 0.29) is 0 Å². The van der Waals surface area contributed by atoms with Crippen LogP contribution < -0.4 is 10.6 Å². The molecular weight excluding hydrogens is 693 g/mol. The molecule has 1 fully saturated rings. The summed E-state index contributed by atoms with van der Waals surface area (Å²) in [6, 6.07) is 47.7. The fourth-order valence-electron chi connectivity index (χ4n) is 8.01. The number of hydrogen-bond acceptors (Lipinski definition) is 4. The highest BCUT2D eigenvalue weighted by atomic mass is 16.3. The Bertz CT molecular complexity index is 2010. The van der Waals surface area contributed by atoms with Crippen LogP contribution in [0, 0.1) is 33.1 Å².